The molecule has 0 unspecified atom stereocenters. The molecule has 2 amide bonds. The number of nitrogens with one attached hydrogen (secondary N) is 1. The fraction of sp³-hybridized carbons (Fsp3) is 0.0435. The minimum atomic E-state index is -0.501. The lowest BCUT2D eigenvalue weighted by Crippen LogP contribution is -2.33. The van der Waals surface area contributed by atoms with Crippen LogP contribution in [0.3, 0.4) is 0 Å². The Labute approximate surface area is 172 Å². The van der Waals surface area contributed by atoms with Gasteiger partial charge < -0.3 is 5.32 Å². The van der Waals surface area contributed by atoms with Crippen LogP contribution in [0.2, 0.25) is 5.02 Å². The molecule has 0 spiro atoms. The summed E-state index contributed by atoms with van der Waals surface area (Å²) >= 11 is 5.98. The molecular weight excluding hydrogens is 391 g/mol. The predicted octanol–water partition coefficient (Wildman–Crippen LogP) is 5.18. The van der Waals surface area contributed by atoms with Crippen molar-refractivity contribution in [2.45, 2.75) is 6.92 Å². The zero-order valence-corrected chi connectivity index (χ0v) is 16.2. The van der Waals surface area contributed by atoms with Gasteiger partial charge in [-0.25, -0.2) is 9.29 Å². The number of carbonyl (C=O) groups excluding carboxylic acids is 2. The van der Waals surface area contributed by atoms with Crippen molar-refractivity contribution in [3.05, 3.63) is 100 Å². The molecule has 6 heteroatoms. The number of carbonyl (C=O) groups is 2. The van der Waals surface area contributed by atoms with E-state index in [9.17, 15) is 14.0 Å². The fourth-order valence-corrected chi connectivity index (χ4v) is 3.40. The Morgan fingerprint density at radius 1 is 0.897 bits per heavy atom. The molecule has 0 saturated carbocycles. The third-order valence-electron chi connectivity index (χ3n) is 4.67. The van der Waals surface area contributed by atoms with Crippen LogP contribution in [-0.2, 0) is 9.59 Å². The van der Waals surface area contributed by atoms with E-state index in [0.29, 0.717) is 22.0 Å². The number of hydrogen-bond acceptors (Lipinski definition) is 3. The minimum Gasteiger partial charge on any atom is -0.350 e. The van der Waals surface area contributed by atoms with E-state index in [4.69, 9.17) is 11.6 Å². The SMILES string of the molecule is Cc1ccccc1N1C(=O)C(Nc2cccc(F)c2)=C(c2ccc(Cl)cc2)C1=O. The molecule has 1 heterocycles. The summed E-state index contributed by atoms with van der Waals surface area (Å²) in [6, 6.07) is 19.5. The van der Waals surface area contributed by atoms with Crippen molar-refractivity contribution in [1.29, 1.82) is 0 Å². The molecule has 1 aliphatic rings. The Morgan fingerprint density at radius 3 is 2.31 bits per heavy atom. The number of rotatable bonds is 4. The predicted molar refractivity (Wildman–Crippen MR) is 112 cm³/mol. The lowest BCUT2D eigenvalue weighted by atomic mass is 10.0. The third-order valence-corrected chi connectivity index (χ3v) is 4.92. The first-order valence-corrected chi connectivity index (χ1v) is 9.31. The average Bonchev–Trinajstić information content (AvgIpc) is 2.93. The van der Waals surface area contributed by atoms with Crippen molar-refractivity contribution >= 4 is 40.4 Å². The molecular formula is C23H16ClFN2O2. The Kier molecular flexibility index (Phi) is 4.91. The van der Waals surface area contributed by atoms with E-state index < -0.39 is 17.6 Å². The van der Waals surface area contributed by atoms with Gasteiger partial charge in [0.05, 0.1) is 11.3 Å². The average molecular weight is 407 g/mol. The van der Waals surface area contributed by atoms with E-state index in [0.717, 1.165) is 10.5 Å². The van der Waals surface area contributed by atoms with E-state index in [-0.39, 0.29) is 11.3 Å². The second kappa shape index (κ2) is 7.53. The fourth-order valence-electron chi connectivity index (χ4n) is 3.27. The molecule has 1 aliphatic heterocycles. The highest BCUT2D eigenvalue weighted by atomic mass is 35.5. The zero-order chi connectivity index (χ0) is 20.5. The van der Waals surface area contributed by atoms with Crippen LogP contribution >= 0.6 is 11.6 Å². The van der Waals surface area contributed by atoms with Crippen molar-refractivity contribution in [2.24, 2.45) is 0 Å². The maximum atomic E-state index is 13.6. The van der Waals surface area contributed by atoms with Gasteiger partial charge >= 0.3 is 0 Å². The van der Waals surface area contributed by atoms with Gasteiger partial charge in [0.25, 0.3) is 11.8 Å². The molecule has 29 heavy (non-hydrogen) atoms. The van der Waals surface area contributed by atoms with Gasteiger partial charge in [-0.3, -0.25) is 9.59 Å². The number of para-hydroxylation sites is 1. The number of halogens is 2. The number of anilines is 2. The monoisotopic (exact) mass is 406 g/mol. The summed E-state index contributed by atoms with van der Waals surface area (Å²) in [5.74, 6) is -1.40. The second-order valence-electron chi connectivity index (χ2n) is 6.62. The minimum absolute atomic E-state index is 0.0891. The molecule has 0 bridgehead atoms. The third kappa shape index (κ3) is 3.52. The molecule has 0 fully saturated rings. The zero-order valence-electron chi connectivity index (χ0n) is 15.4. The van der Waals surface area contributed by atoms with Gasteiger partial charge in [0.1, 0.15) is 11.5 Å². The van der Waals surface area contributed by atoms with E-state index in [1.54, 1.807) is 42.5 Å². The quantitative estimate of drug-likeness (QED) is 0.607. The Hall–Kier alpha value is -3.44. The van der Waals surface area contributed by atoms with Gasteiger partial charge in [0.15, 0.2) is 0 Å². The normalized spacial score (nSPS) is 14.0. The first-order chi connectivity index (χ1) is 14.0. The molecule has 0 saturated heterocycles. The van der Waals surface area contributed by atoms with Crippen LogP contribution < -0.4 is 10.2 Å². The van der Waals surface area contributed by atoms with Crippen LogP contribution in [0.5, 0.6) is 0 Å². The van der Waals surface area contributed by atoms with E-state index in [1.807, 2.05) is 19.1 Å². The van der Waals surface area contributed by atoms with Crippen LogP contribution in [0.1, 0.15) is 11.1 Å². The lowest BCUT2D eigenvalue weighted by Gasteiger charge is -2.17. The van der Waals surface area contributed by atoms with Crippen LogP contribution in [0.15, 0.2) is 78.5 Å². The Morgan fingerprint density at radius 2 is 1.62 bits per heavy atom. The molecule has 0 atom stereocenters. The van der Waals surface area contributed by atoms with Gasteiger partial charge in [-0.05, 0) is 54.4 Å². The molecule has 4 rings (SSSR count). The molecule has 0 aliphatic carbocycles. The number of benzene rings is 3. The number of nitrogens with zero attached hydrogens (tertiary/aromatic N) is 1. The van der Waals surface area contributed by atoms with Gasteiger partial charge in [0.2, 0.25) is 0 Å². The van der Waals surface area contributed by atoms with Crippen LogP contribution in [-0.4, -0.2) is 11.8 Å². The van der Waals surface area contributed by atoms with Gasteiger partial charge in [-0.15, -0.1) is 0 Å². The van der Waals surface area contributed by atoms with Crippen molar-refractivity contribution < 1.29 is 14.0 Å². The summed E-state index contributed by atoms with van der Waals surface area (Å²) in [5, 5.41) is 3.45. The first-order valence-electron chi connectivity index (χ1n) is 8.93. The van der Waals surface area contributed by atoms with E-state index in [2.05, 4.69) is 5.32 Å². The van der Waals surface area contributed by atoms with Crippen molar-refractivity contribution in [1.82, 2.24) is 0 Å². The lowest BCUT2D eigenvalue weighted by molar-refractivity contribution is -0.120. The Balaban J connectivity index is 1.85. The Bertz CT molecular complexity index is 1160. The number of hydrogen-bond donors (Lipinski definition) is 1. The maximum absolute atomic E-state index is 13.6. The summed E-state index contributed by atoms with van der Waals surface area (Å²) in [6.07, 6.45) is 0. The summed E-state index contributed by atoms with van der Waals surface area (Å²) < 4.78 is 13.6. The highest BCUT2D eigenvalue weighted by molar-refractivity contribution is 6.46. The number of aryl methyl sites for hydroxylation is 1. The molecule has 1 N–H and O–H groups in total. The maximum Gasteiger partial charge on any atom is 0.282 e. The number of amides is 2. The van der Waals surface area contributed by atoms with Gasteiger partial charge in [0, 0.05) is 10.7 Å². The molecule has 144 valence electrons. The topological polar surface area (TPSA) is 49.4 Å². The smallest absolute Gasteiger partial charge is 0.282 e. The second-order valence-corrected chi connectivity index (χ2v) is 7.06. The van der Waals surface area contributed by atoms with E-state index >= 15 is 0 Å². The molecule has 0 aromatic heterocycles. The highest BCUT2D eigenvalue weighted by Gasteiger charge is 2.40. The number of imide groups is 1. The van der Waals surface area contributed by atoms with Crippen molar-refractivity contribution in [3.63, 3.8) is 0 Å². The summed E-state index contributed by atoms with van der Waals surface area (Å²) in [4.78, 5) is 27.7. The largest absolute Gasteiger partial charge is 0.350 e. The van der Waals surface area contributed by atoms with Gasteiger partial charge in [-0.1, -0.05) is 48.0 Å². The van der Waals surface area contributed by atoms with Crippen molar-refractivity contribution in [2.75, 3.05) is 10.2 Å². The summed E-state index contributed by atoms with van der Waals surface area (Å²) in [6.45, 7) is 1.83. The summed E-state index contributed by atoms with van der Waals surface area (Å²) in [7, 11) is 0. The molecule has 4 nitrogen and oxygen atoms in total. The highest BCUT2D eigenvalue weighted by Crippen LogP contribution is 2.35. The summed E-state index contributed by atoms with van der Waals surface area (Å²) in [5.41, 5.74) is 2.51. The van der Waals surface area contributed by atoms with Crippen molar-refractivity contribution in [3.8, 4) is 0 Å². The van der Waals surface area contributed by atoms with Crippen LogP contribution in [0.4, 0.5) is 15.8 Å². The first kappa shape index (κ1) is 18.9. The van der Waals surface area contributed by atoms with Crippen LogP contribution in [0, 0.1) is 12.7 Å². The van der Waals surface area contributed by atoms with Gasteiger partial charge in [-0.2, -0.15) is 0 Å². The standard InChI is InChI=1S/C23H16ClFN2O2/c1-14-5-2-3-8-19(14)27-22(28)20(15-9-11-16(24)12-10-15)21(23(27)29)26-18-7-4-6-17(25)13-18/h2-13,26H,1H3. The van der Waals surface area contributed by atoms with Crippen LogP contribution in [0.25, 0.3) is 5.57 Å². The van der Waals surface area contributed by atoms with E-state index in [1.165, 1.54) is 18.2 Å². The molecule has 0 radical (unpaired) electrons. The molecule has 3 aromatic carbocycles. The molecule has 3 aromatic rings.